The van der Waals surface area contributed by atoms with Gasteiger partial charge in [0.15, 0.2) is 0 Å². The van der Waals surface area contributed by atoms with E-state index in [1.165, 1.54) is 5.56 Å². The molecule has 0 fully saturated rings. The van der Waals surface area contributed by atoms with Crippen LogP contribution in [0.2, 0.25) is 0 Å². The Morgan fingerprint density at radius 2 is 1.68 bits per heavy atom. The highest BCUT2D eigenvalue weighted by Gasteiger charge is 2.17. The molecule has 3 nitrogen and oxygen atoms in total. The Balaban J connectivity index is 2.56. The Morgan fingerprint density at radius 1 is 1.11 bits per heavy atom. The molecule has 0 aliphatic heterocycles. The first-order valence-corrected chi connectivity index (χ1v) is 6.41. The topological polar surface area (TPSA) is 48.0 Å². The summed E-state index contributed by atoms with van der Waals surface area (Å²) in [5.41, 5.74) is 11.0. The molecule has 0 bridgehead atoms. The third-order valence-electron chi connectivity index (χ3n) is 3.66. The second kappa shape index (κ2) is 5.02. The van der Waals surface area contributed by atoms with Crippen molar-refractivity contribution in [3.8, 4) is 0 Å². The summed E-state index contributed by atoms with van der Waals surface area (Å²) in [6.45, 7) is 5.90. The van der Waals surface area contributed by atoms with Crippen LogP contribution in [0.1, 0.15) is 34.0 Å². The monoisotopic (exact) mass is 256 g/mol. The Morgan fingerprint density at radius 3 is 2.26 bits per heavy atom. The van der Waals surface area contributed by atoms with Crippen molar-refractivity contribution in [2.45, 2.75) is 26.8 Å². The Hall–Kier alpha value is -1.87. The second-order valence-corrected chi connectivity index (χ2v) is 5.13. The minimum absolute atomic E-state index is 0.00873. The van der Waals surface area contributed by atoms with E-state index in [0.717, 1.165) is 16.8 Å². The molecule has 19 heavy (non-hydrogen) atoms. The van der Waals surface area contributed by atoms with Crippen LogP contribution < -0.4 is 11.3 Å². The number of hydrogen-bond donors (Lipinski definition) is 1. The molecule has 1 aromatic carbocycles. The van der Waals surface area contributed by atoms with Gasteiger partial charge in [0.2, 0.25) is 0 Å². The Labute approximate surface area is 113 Å². The lowest BCUT2D eigenvalue weighted by molar-refractivity contribution is 0.754. The van der Waals surface area contributed by atoms with Crippen LogP contribution in [0, 0.1) is 20.8 Å². The van der Waals surface area contributed by atoms with Crippen molar-refractivity contribution in [3.05, 3.63) is 68.6 Å². The molecule has 1 aromatic heterocycles. The largest absolute Gasteiger partial charge is 0.320 e. The molecule has 0 aliphatic rings. The molecule has 1 unspecified atom stereocenters. The normalized spacial score (nSPS) is 12.5. The fraction of sp³-hybridized carbons (Fsp3) is 0.312. The number of nitrogens with zero attached hydrogens (tertiary/aromatic N) is 1. The molecule has 0 saturated carbocycles. The summed E-state index contributed by atoms with van der Waals surface area (Å²) >= 11 is 0. The molecule has 0 amide bonds. The predicted molar refractivity (Wildman–Crippen MR) is 78.4 cm³/mol. The van der Waals surface area contributed by atoms with Crippen molar-refractivity contribution in [2.24, 2.45) is 12.8 Å². The van der Waals surface area contributed by atoms with Gasteiger partial charge in [-0.15, -0.1) is 0 Å². The molecule has 2 N–H and O–H groups in total. The van der Waals surface area contributed by atoms with Gasteiger partial charge in [-0.3, -0.25) is 4.79 Å². The van der Waals surface area contributed by atoms with Gasteiger partial charge >= 0.3 is 0 Å². The molecule has 1 atom stereocenters. The van der Waals surface area contributed by atoms with E-state index in [1.807, 2.05) is 51.1 Å². The highest BCUT2D eigenvalue weighted by atomic mass is 16.1. The van der Waals surface area contributed by atoms with Gasteiger partial charge in [0, 0.05) is 18.3 Å². The van der Waals surface area contributed by atoms with Gasteiger partial charge in [-0.2, -0.15) is 0 Å². The summed E-state index contributed by atoms with van der Waals surface area (Å²) in [5, 5.41) is 0. The number of nitrogens with two attached hydrogens (primary N) is 1. The van der Waals surface area contributed by atoms with E-state index in [4.69, 9.17) is 5.73 Å². The zero-order valence-corrected chi connectivity index (χ0v) is 11.9. The molecule has 0 spiro atoms. The summed E-state index contributed by atoms with van der Waals surface area (Å²) in [6.07, 6.45) is 0. The molecular weight excluding hydrogens is 236 g/mol. The summed E-state index contributed by atoms with van der Waals surface area (Å²) in [7, 11) is 1.78. The quantitative estimate of drug-likeness (QED) is 0.896. The van der Waals surface area contributed by atoms with Crippen LogP contribution in [0.15, 0.2) is 35.1 Å². The van der Waals surface area contributed by atoms with E-state index >= 15 is 0 Å². The first-order valence-electron chi connectivity index (χ1n) is 6.41. The zero-order chi connectivity index (χ0) is 14.2. The highest BCUT2D eigenvalue weighted by Crippen LogP contribution is 2.20. The van der Waals surface area contributed by atoms with Crippen molar-refractivity contribution in [3.63, 3.8) is 0 Å². The lowest BCUT2D eigenvalue weighted by atomic mass is 9.96. The molecule has 100 valence electrons. The number of hydrogen-bond acceptors (Lipinski definition) is 2. The van der Waals surface area contributed by atoms with Gasteiger partial charge in [0.1, 0.15) is 0 Å². The van der Waals surface area contributed by atoms with Crippen molar-refractivity contribution in [1.29, 1.82) is 0 Å². The van der Waals surface area contributed by atoms with Gasteiger partial charge in [-0.05, 0) is 38.0 Å². The number of benzene rings is 1. The fourth-order valence-corrected chi connectivity index (χ4v) is 2.32. The zero-order valence-electron chi connectivity index (χ0n) is 11.9. The van der Waals surface area contributed by atoms with Crippen molar-refractivity contribution < 1.29 is 0 Å². The second-order valence-electron chi connectivity index (χ2n) is 5.13. The molecule has 0 aliphatic carbocycles. The minimum Gasteiger partial charge on any atom is -0.320 e. The lowest BCUT2D eigenvalue weighted by Gasteiger charge is -2.17. The van der Waals surface area contributed by atoms with E-state index in [2.05, 4.69) is 0 Å². The summed E-state index contributed by atoms with van der Waals surface area (Å²) < 4.78 is 1.65. The van der Waals surface area contributed by atoms with Crippen LogP contribution in [-0.2, 0) is 7.05 Å². The molecule has 1 heterocycles. The van der Waals surface area contributed by atoms with E-state index in [0.29, 0.717) is 5.56 Å². The minimum atomic E-state index is -0.375. The first kappa shape index (κ1) is 13.6. The SMILES string of the molecule is Cc1ccc(C(N)c2c(C)cc(C)n(C)c2=O)cc1. The van der Waals surface area contributed by atoms with Crippen LogP contribution in [0.25, 0.3) is 0 Å². The summed E-state index contributed by atoms with van der Waals surface area (Å²) in [4.78, 5) is 12.4. The van der Waals surface area contributed by atoms with Gasteiger partial charge < -0.3 is 10.3 Å². The molecule has 0 saturated heterocycles. The lowest BCUT2D eigenvalue weighted by Crippen LogP contribution is -2.29. The van der Waals surface area contributed by atoms with Gasteiger partial charge in [0.25, 0.3) is 5.56 Å². The van der Waals surface area contributed by atoms with Crippen molar-refractivity contribution >= 4 is 0 Å². The molecular formula is C16H20N2O. The maximum Gasteiger partial charge on any atom is 0.255 e. The predicted octanol–water partition coefficient (Wildman–Crippen LogP) is 2.36. The maximum atomic E-state index is 12.4. The van der Waals surface area contributed by atoms with Crippen LogP contribution in [0.4, 0.5) is 0 Å². The summed E-state index contributed by atoms with van der Waals surface area (Å²) in [5.74, 6) is 0. The van der Waals surface area contributed by atoms with E-state index in [1.54, 1.807) is 11.6 Å². The molecule has 2 rings (SSSR count). The number of pyridine rings is 1. The first-order chi connectivity index (χ1) is 8.91. The number of aryl methyl sites for hydroxylation is 3. The number of aromatic nitrogens is 1. The third-order valence-corrected chi connectivity index (χ3v) is 3.66. The average Bonchev–Trinajstić information content (AvgIpc) is 2.37. The van der Waals surface area contributed by atoms with Crippen LogP contribution in [-0.4, -0.2) is 4.57 Å². The maximum absolute atomic E-state index is 12.4. The molecule has 0 radical (unpaired) electrons. The van der Waals surface area contributed by atoms with Gasteiger partial charge in [-0.1, -0.05) is 29.8 Å². The molecule has 2 aromatic rings. The fourth-order valence-electron chi connectivity index (χ4n) is 2.32. The molecule has 3 heteroatoms. The summed E-state index contributed by atoms with van der Waals surface area (Å²) in [6, 6.07) is 9.63. The van der Waals surface area contributed by atoms with E-state index in [-0.39, 0.29) is 11.6 Å². The third kappa shape index (κ3) is 2.47. The van der Waals surface area contributed by atoms with E-state index in [9.17, 15) is 4.79 Å². The highest BCUT2D eigenvalue weighted by molar-refractivity contribution is 5.37. The Bertz CT molecular complexity index is 654. The van der Waals surface area contributed by atoms with Crippen LogP contribution in [0.3, 0.4) is 0 Å². The van der Waals surface area contributed by atoms with Crippen molar-refractivity contribution in [1.82, 2.24) is 4.57 Å². The number of rotatable bonds is 2. The van der Waals surface area contributed by atoms with Gasteiger partial charge in [0.05, 0.1) is 6.04 Å². The van der Waals surface area contributed by atoms with Crippen LogP contribution >= 0.6 is 0 Å². The average molecular weight is 256 g/mol. The smallest absolute Gasteiger partial charge is 0.255 e. The standard InChI is InChI=1S/C16H20N2O/c1-10-5-7-13(8-6-10)15(17)14-11(2)9-12(3)18(4)16(14)19/h5-9,15H,17H2,1-4H3. The Kier molecular flexibility index (Phi) is 3.58. The van der Waals surface area contributed by atoms with E-state index < -0.39 is 0 Å². The van der Waals surface area contributed by atoms with Crippen LogP contribution in [0.5, 0.6) is 0 Å². The van der Waals surface area contributed by atoms with Crippen molar-refractivity contribution in [2.75, 3.05) is 0 Å². The van der Waals surface area contributed by atoms with Gasteiger partial charge in [-0.25, -0.2) is 0 Å².